The molecule has 0 aromatic heterocycles. The van der Waals surface area contributed by atoms with Crippen LogP contribution in [0.3, 0.4) is 0 Å². The maximum absolute atomic E-state index is 10.8. The zero-order chi connectivity index (χ0) is 11.7. The van der Waals surface area contributed by atoms with Crippen LogP contribution in [0.4, 0.5) is 0 Å². The van der Waals surface area contributed by atoms with Gasteiger partial charge in [0.15, 0.2) is 0 Å². The Labute approximate surface area is 91.8 Å². The molecular weight excluding hydrogens is 194 g/mol. The topological polar surface area (TPSA) is 72.5 Å². The molecule has 0 amide bonds. The highest BCUT2D eigenvalue weighted by Crippen LogP contribution is 2.08. The molecular formula is C11H23NO3. The molecule has 3 N–H and O–H groups in total. The zero-order valence-corrected chi connectivity index (χ0v) is 9.74. The van der Waals surface area contributed by atoms with Crippen LogP contribution < -0.4 is 5.73 Å². The number of carbonyl (C=O) groups is 1. The maximum atomic E-state index is 10.8. The Morgan fingerprint density at radius 2 is 1.87 bits per heavy atom. The van der Waals surface area contributed by atoms with Gasteiger partial charge in [-0.05, 0) is 31.7 Å². The largest absolute Gasteiger partial charge is 0.481 e. The highest BCUT2D eigenvalue weighted by molar-refractivity contribution is 5.69. The first-order chi connectivity index (χ1) is 7.07. The third-order valence-corrected chi connectivity index (χ3v) is 2.31. The standard InChI is InChI=1S/C11H23NO3/c1-9(2)4-7-15-8-5-10(3-6-12)11(13)14/h9-10H,3-8,12H2,1-2H3,(H,13,14). The first-order valence-corrected chi connectivity index (χ1v) is 5.58. The smallest absolute Gasteiger partial charge is 0.306 e. The highest BCUT2D eigenvalue weighted by Gasteiger charge is 2.15. The van der Waals surface area contributed by atoms with Gasteiger partial charge in [-0.1, -0.05) is 13.8 Å². The van der Waals surface area contributed by atoms with Crippen molar-refractivity contribution in [1.82, 2.24) is 0 Å². The third-order valence-electron chi connectivity index (χ3n) is 2.31. The van der Waals surface area contributed by atoms with Gasteiger partial charge in [-0.2, -0.15) is 0 Å². The van der Waals surface area contributed by atoms with Gasteiger partial charge < -0.3 is 15.6 Å². The molecule has 4 heteroatoms. The SMILES string of the molecule is CC(C)CCOCCC(CCN)C(=O)O. The van der Waals surface area contributed by atoms with E-state index >= 15 is 0 Å². The molecule has 1 unspecified atom stereocenters. The monoisotopic (exact) mass is 217 g/mol. The van der Waals surface area contributed by atoms with Crippen LogP contribution in [0.2, 0.25) is 0 Å². The summed E-state index contributed by atoms with van der Waals surface area (Å²) in [5.74, 6) is -0.494. The molecule has 1 atom stereocenters. The van der Waals surface area contributed by atoms with Crippen molar-refractivity contribution in [2.45, 2.75) is 33.1 Å². The fraction of sp³-hybridized carbons (Fsp3) is 0.909. The number of rotatable bonds is 9. The Balaban J connectivity index is 3.49. The van der Waals surface area contributed by atoms with Gasteiger partial charge in [0.1, 0.15) is 0 Å². The molecule has 15 heavy (non-hydrogen) atoms. The summed E-state index contributed by atoms with van der Waals surface area (Å²) < 4.78 is 5.37. The van der Waals surface area contributed by atoms with Gasteiger partial charge in [0.05, 0.1) is 5.92 Å². The molecule has 0 saturated heterocycles. The van der Waals surface area contributed by atoms with Crippen LogP contribution in [0.15, 0.2) is 0 Å². The summed E-state index contributed by atoms with van der Waals surface area (Å²) >= 11 is 0. The summed E-state index contributed by atoms with van der Waals surface area (Å²) in [5, 5.41) is 8.84. The second kappa shape index (κ2) is 8.68. The molecule has 0 rings (SSSR count). The number of carboxylic acid groups (broad SMARTS) is 1. The summed E-state index contributed by atoms with van der Waals surface area (Å²) in [7, 11) is 0. The molecule has 0 fully saturated rings. The van der Waals surface area contributed by atoms with E-state index in [0.29, 0.717) is 38.5 Å². The minimum Gasteiger partial charge on any atom is -0.481 e. The molecule has 0 aliphatic rings. The van der Waals surface area contributed by atoms with Crippen molar-refractivity contribution in [3.63, 3.8) is 0 Å². The Hall–Kier alpha value is -0.610. The average molecular weight is 217 g/mol. The second-order valence-corrected chi connectivity index (χ2v) is 4.20. The molecule has 0 heterocycles. The summed E-state index contributed by atoms with van der Waals surface area (Å²) in [6.45, 7) is 5.93. The number of nitrogens with two attached hydrogens (primary N) is 1. The van der Waals surface area contributed by atoms with Crippen molar-refractivity contribution >= 4 is 5.97 Å². The lowest BCUT2D eigenvalue weighted by molar-refractivity contribution is -0.142. The first-order valence-electron chi connectivity index (χ1n) is 5.58. The first kappa shape index (κ1) is 14.4. The second-order valence-electron chi connectivity index (χ2n) is 4.20. The molecule has 0 saturated carbocycles. The van der Waals surface area contributed by atoms with Crippen LogP contribution in [0.5, 0.6) is 0 Å². The van der Waals surface area contributed by atoms with Crippen LogP contribution in [-0.2, 0) is 9.53 Å². The molecule has 0 bridgehead atoms. The minimum atomic E-state index is -0.770. The van der Waals surface area contributed by atoms with Crippen molar-refractivity contribution < 1.29 is 14.6 Å². The van der Waals surface area contributed by atoms with E-state index in [2.05, 4.69) is 13.8 Å². The van der Waals surface area contributed by atoms with Gasteiger partial charge in [0.25, 0.3) is 0 Å². The molecule has 0 radical (unpaired) electrons. The van der Waals surface area contributed by atoms with Gasteiger partial charge >= 0.3 is 5.97 Å². The molecule has 0 aromatic rings. The number of ether oxygens (including phenoxy) is 1. The van der Waals surface area contributed by atoms with Crippen molar-refractivity contribution in [3.05, 3.63) is 0 Å². The number of aliphatic carboxylic acids is 1. The van der Waals surface area contributed by atoms with E-state index in [1.807, 2.05) is 0 Å². The van der Waals surface area contributed by atoms with Crippen molar-refractivity contribution in [2.24, 2.45) is 17.6 Å². The lowest BCUT2D eigenvalue weighted by Gasteiger charge is -2.11. The summed E-state index contributed by atoms with van der Waals surface area (Å²) in [6.07, 6.45) is 2.11. The van der Waals surface area contributed by atoms with Crippen LogP contribution >= 0.6 is 0 Å². The van der Waals surface area contributed by atoms with E-state index in [1.165, 1.54) is 0 Å². The van der Waals surface area contributed by atoms with E-state index in [-0.39, 0.29) is 5.92 Å². The maximum Gasteiger partial charge on any atom is 0.306 e. The molecule has 0 aromatic carbocycles. The lowest BCUT2D eigenvalue weighted by atomic mass is 10.0. The Morgan fingerprint density at radius 1 is 1.27 bits per heavy atom. The van der Waals surface area contributed by atoms with Gasteiger partial charge in [0, 0.05) is 13.2 Å². The molecule has 0 aliphatic heterocycles. The lowest BCUT2D eigenvalue weighted by Crippen LogP contribution is -2.19. The van der Waals surface area contributed by atoms with Gasteiger partial charge in [-0.15, -0.1) is 0 Å². The number of hydrogen-bond acceptors (Lipinski definition) is 3. The van der Waals surface area contributed by atoms with Gasteiger partial charge in [-0.3, -0.25) is 4.79 Å². The number of hydrogen-bond donors (Lipinski definition) is 2. The fourth-order valence-electron chi connectivity index (χ4n) is 1.24. The number of carboxylic acids is 1. The zero-order valence-electron chi connectivity index (χ0n) is 9.74. The highest BCUT2D eigenvalue weighted by atomic mass is 16.5. The molecule has 0 aliphatic carbocycles. The Kier molecular flexibility index (Phi) is 8.33. The average Bonchev–Trinajstić information content (AvgIpc) is 2.15. The Bertz CT molecular complexity index is 171. The summed E-state index contributed by atoms with van der Waals surface area (Å²) in [4.78, 5) is 10.8. The quantitative estimate of drug-likeness (QED) is 0.574. The van der Waals surface area contributed by atoms with Crippen molar-refractivity contribution in [2.75, 3.05) is 19.8 Å². The van der Waals surface area contributed by atoms with Crippen LogP contribution in [-0.4, -0.2) is 30.8 Å². The Morgan fingerprint density at radius 3 is 2.33 bits per heavy atom. The van der Waals surface area contributed by atoms with E-state index in [4.69, 9.17) is 15.6 Å². The van der Waals surface area contributed by atoms with Crippen molar-refractivity contribution in [1.29, 1.82) is 0 Å². The predicted octanol–water partition coefficient (Wildman–Crippen LogP) is 1.49. The normalized spacial score (nSPS) is 13.1. The summed E-state index contributed by atoms with van der Waals surface area (Å²) in [5.41, 5.74) is 5.33. The van der Waals surface area contributed by atoms with Crippen molar-refractivity contribution in [3.8, 4) is 0 Å². The van der Waals surface area contributed by atoms with Crippen LogP contribution in [0.1, 0.15) is 33.1 Å². The fourth-order valence-corrected chi connectivity index (χ4v) is 1.24. The molecule has 0 spiro atoms. The van der Waals surface area contributed by atoms with Crippen LogP contribution in [0, 0.1) is 11.8 Å². The van der Waals surface area contributed by atoms with Gasteiger partial charge in [-0.25, -0.2) is 0 Å². The van der Waals surface area contributed by atoms with Gasteiger partial charge in [0.2, 0.25) is 0 Å². The van der Waals surface area contributed by atoms with Crippen LogP contribution in [0.25, 0.3) is 0 Å². The molecule has 90 valence electrons. The van der Waals surface area contributed by atoms with E-state index in [1.54, 1.807) is 0 Å². The predicted molar refractivity (Wildman–Crippen MR) is 59.7 cm³/mol. The van der Waals surface area contributed by atoms with E-state index < -0.39 is 5.97 Å². The minimum absolute atomic E-state index is 0.353. The van der Waals surface area contributed by atoms with E-state index in [9.17, 15) is 4.79 Å². The van der Waals surface area contributed by atoms with E-state index in [0.717, 1.165) is 6.42 Å². The molecule has 4 nitrogen and oxygen atoms in total. The third kappa shape index (κ3) is 8.39. The summed E-state index contributed by atoms with van der Waals surface area (Å²) in [6, 6.07) is 0.